The van der Waals surface area contributed by atoms with E-state index in [1.54, 1.807) is 30.0 Å². The number of aryl methyl sites for hydroxylation is 1. The Morgan fingerprint density at radius 2 is 1.86 bits per heavy atom. The molecule has 4 rings (SSSR count). The average molecular weight is 488 g/mol. The van der Waals surface area contributed by atoms with E-state index < -0.39 is 6.61 Å². The fourth-order valence-corrected chi connectivity index (χ4v) is 3.84. The van der Waals surface area contributed by atoms with Crippen molar-refractivity contribution in [2.75, 3.05) is 38.2 Å². The summed E-state index contributed by atoms with van der Waals surface area (Å²) >= 11 is 0. The van der Waals surface area contributed by atoms with Gasteiger partial charge in [0.15, 0.2) is 5.82 Å². The maximum atomic E-state index is 13.0. The number of anilines is 1. The number of aromatic nitrogens is 5. The number of alkyl halides is 2. The molecule has 1 aromatic carbocycles. The first-order chi connectivity index (χ1) is 17.0. The third-order valence-corrected chi connectivity index (χ3v) is 5.64. The summed E-state index contributed by atoms with van der Waals surface area (Å²) in [7, 11) is 1.56. The molecule has 1 aliphatic rings. The molecule has 186 valence electrons. The molecule has 0 saturated carbocycles. The van der Waals surface area contributed by atoms with Gasteiger partial charge in [0.05, 0.1) is 7.11 Å². The van der Waals surface area contributed by atoms with Crippen molar-refractivity contribution in [2.45, 2.75) is 32.9 Å². The number of ether oxygens (including phenoxy) is 2. The maximum absolute atomic E-state index is 13.0. The zero-order valence-corrected chi connectivity index (χ0v) is 19.6. The van der Waals surface area contributed by atoms with E-state index in [9.17, 15) is 13.6 Å². The number of carbonyl (C=O) groups is 1. The van der Waals surface area contributed by atoms with Gasteiger partial charge in [-0.3, -0.25) is 4.79 Å². The van der Waals surface area contributed by atoms with Crippen molar-refractivity contribution in [3.05, 3.63) is 42.5 Å². The SMILES string of the molecule is CCCc1nc(-c2ccc(OC(F)F)cc2)nn1CC(=O)N1CCN(c2cc(OC)ncn2)CC1. The highest BCUT2D eigenvalue weighted by Crippen LogP contribution is 2.22. The van der Waals surface area contributed by atoms with Crippen molar-refractivity contribution in [2.24, 2.45) is 0 Å². The van der Waals surface area contributed by atoms with Crippen molar-refractivity contribution in [3.63, 3.8) is 0 Å². The van der Waals surface area contributed by atoms with E-state index in [1.165, 1.54) is 18.5 Å². The lowest BCUT2D eigenvalue weighted by atomic mass is 10.2. The van der Waals surface area contributed by atoms with Gasteiger partial charge in [-0.05, 0) is 30.7 Å². The minimum atomic E-state index is -2.88. The fraction of sp³-hybridized carbons (Fsp3) is 0.435. The highest BCUT2D eigenvalue weighted by Gasteiger charge is 2.24. The molecule has 0 N–H and O–H groups in total. The quantitative estimate of drug-likeness (QED) is 0.454. The minimum Gasteiger partial charge on any atom is -0.481 e. The fourth-order valence-electron chi connectivity index (χ4n) is 3.84. The lowest BCUT2D eigenvalue weighted by Crippen LogP contribution is -2.50. The van der Waals surface area contributed by atoms with Gasteiger partial charge >= 0.3 is 6.61 Å². The first-order valence-electron chi connectivity index (χ1n) is 11.3. The van der Waals surface area contributed by atoms with Crippen molar-refractivity contribution in [1.82, 2.24) is 29.6 Å². The zero-order valence-electron chi connectivity index (χ0n) is 19.6. The summed E-state index contributed by atoms with van der Waals surface area (Å²) in [6, 6.07) is 7.91. The first kappa shape index (κ1) is 24.3. The van der Waals surface area contributed by atoms with Crippen molar-refractivity contribution in [3.8, 4) is 23.0 Å². The molecule has 3 aromatic rings. The molecular formula is C23H27F2N7O3. The summed E-state index contributed by atoms with van der Waals surface area (Å²) < 4.78 is 36.0. The van der Waals surface area contributed by atoms with Gasteiger partial charge in [-0.1, -0.05) is 6.92 Å². The number of methoxy groups -OCH3 is 1. The van der Waals surface area contributed by atoms with Crippen LogP contribution < -0.4 is 14.4 Å². The van der Waals surface area contributed by atoms with E-state index in [-0.39, 0.29) is 18.2 Å². The molecule has 0 bridgehead atoms. The molecule has 1 fully saturated rings. The van der Waals surface area contributed by atoms with Gasteiger partial charge < -0.3 is 19.3 Å². The molecule has 10 nitrogen and oxygen atoms in total. The predicted molar refractivity (Wildman–Crippen MR) is 123 cm³/mol. The maximum Gasteiger partial charge on any atom is 0.387 e. The molecule has 0 unspecified atom stereocenters. The Labute approximate surface area is 201 Å². The number of piperazine rings is 1. The topological polar surface area (TPSA) is 98.5 Å². The molecule has 1 saturated heterocycles. The molecule has 2 aromatic heterocycles. The Balaban J connectivity index is 1.41. The molecule has 1 aliphatic heterocycles. The monoisotopic (exact) mass is 487 g/mol. The second kappa shape index (κ2) is 11.1. The number of benzene rings is 1. The molecule has 0 aliphatic carbocycles. The van der Waals surface area contributed by atoms with Gasteiger partial charge in [-0.2, -0.15) is 13.9 Å². The highest BCUT2D eigenvalue weighted by atomic mass is 19.3. The van der Waals surface area contributed by atoms with Crippen molar-refractivity contribution < 1.29 is 23.0 Å². The molecule has 1 amide bonds. The Hall–Kier alpha value is -3.83. The Bertz CT molecular complexity index is 1130. The molecule has 0 spiro atoms. The van der Waals surface area contributed by atoms with Crippen LogP contribution >= 0.6 is 0 Å². The van der Waals surface area contributed by atoms with E-state index in [1.807, 2.05) is 11.8 Å². The van der Waals surface area contributed by atoms with Crippen molar-refractivity contribution in [1.29, 1.82) is 0 Å². The largest absolute Gasteiger partial charge is 0.481 e. The summed E-state index contributed by atoms with van der Waals surface area (Å²) in [6.45, 7) is 1.62. The third kappa shape index (κ3) is 6.00. The molecule has 35 heavy (non-hydrogen) atoms. The number of nitrogens with zero attached hydrogens (tertiary/aromatic N) is 7. The Morgan fingerprint density at radius 1 is 1.11 bits per heavy atom. The van der Waals surface area contributed by atoms with Crippen LogP contribution in [0.5, 0.6) is 11.6 Å². The summed E-state index contributed by atoms with van der Waals surface area (Å²) in [5, 5.41) is 4.53. The summed E-state index contributed by atoms with van der Waals surface area (Å²) in [4.78, 5) is 29.9. The smallest absolute Gasteiger partial charge is 0.387 e. The normalized spacial score (nSPS) is 13.9. The van der Waals surface area contributed by atoms with Gasteiger partial charge in [0.25, 0.3) is 0 Å². The average Bonchev–Trinajstić information content (AvgIpc) is 3.26. The molecule has 0 radical (unpaired) electrons. The number of hydrogen-bond donors (Lipinski definition) is 0. The first-order valence-corrected chi connectivity index (χ1v) is 11.3. The van der Waals surface area contributed by atoms with E-state index in [0.29, 0.717) is 55.7 Å². The Morgan fingerprint density at radius 3 is 2.51 bits per heavy atom. The van der Waals surface area contributed by atoms with E-state index in [4.69, 9.17) is 4.74 Å². The van der Waals surface area contributed by atoms with Crippen LogP contribution in [-0.4, -0.2) is 75.4 Å². The van der Waals surface area contributed by atoms with Gasteiger partial charge in [-0.15, -0.1) is 0 Å². The molecular weight excluding hydrogens is 460 g/mol. The number of hydrogen-bond acceptors (Lipinski definition) is 8. The summed E-state index contributed by atoms with van der Waals surface area (Å²) in [6.07, 6.45) is 2.97. The molecule has 12 heteroatoms. The highest BCUT2D eigenvalue weighted by molar-refractivity contribution is 5.76. The van der Waals surface area contributed by atoms with Crippen LogP contribution in [0.4, 0.5) is 14.6 Å². The van der Waals surface area contributed by atoms with Gasteiger partial charge in [0.1, 0.15) is 30.3 Å². The number of carbonyl (C=O) groups excluding carboxylic acids is 1. The lowest BCUT2D eigenvalue weighted by molar-refractivity contribution is -0.132. The number of halogens is 2. The molecule has 0 atom stereocenters. The second-order valence-electron chi connectivity index (χ2n) is 7.95. The Kier molecular flexibility index (Phi) is 7.68. The van der Waals surface area contributed by atoms with Crippen molar-refractivity contribution >= 4 is 11.7 Å². The van der Waals surface area contributed by atoms with Crippen LogP contribution in [-0.2, 0) is 17.8 Å². The standard InChI is InChI=1S/C23H27F2N7O3/c1-3-4-18-28-22(16-5-7-17(8-6-16)35-23(24)25)29-32(18)14-21(33)31-11-9-30(10-12-31)19-13-20(34-2)27-15-26-19/h5-8,13,15,23H,3-4,9-12,14H2,1-2H3. The lowest BCUT2D eigenvalue weighted by Gasteiger charge is -2.35. The number of amides is 1. The van der Waals surface area contributed by atoms with Crippen LogP contribution in [0.3, 0.4) is 0 Å². The number of rotatable bonds is 9. The van der Waals surface area contributed by atoms with Gasteiger partial charge in [0, 0.05) is 44.2 Å². The van der Waals surface area contributed by atoms with Gasteiger partial charge in [-0.25, -0.2) is 19.6 Å². The minimum absolute atomic E-state index is 0.0422. The van der Waals surface area contributed by atoms with E-state index in [0.717, 1.165) is 12.2 Å². The van der Waals surface area contributed by atoms with Gasteiger partial charge in [0.2, 0.25) is 11.8 Å². The van der Waals surface area contributed by atoms with Crippen LogP contribution in [0.25, 0.3) is 11.4 Å². The zero-order chi connectivity index (χ0) is 24.8. The van der Waals surface area contributed by atoms with Crippen LogP contribution in [0, 0.1) is 0 Å². The van der Waals surface area contributed by atoms with Crippen LogP contribution in [0.1, 0.15) is 19.2 Å². The summed E-state index contributed by atoms with van der Waals surface area (Å²) in [5.41, 5.74) is 0.657. The third-order valence-electron chi connectivity index (χ3n) is 5.64. The summed E-state index contributed by atoms with van der Waals surface area (Å²) in [5.74, 6) is 2.42. The predicted octanol–water partition coefficient (Wildman–Crippen LogP) is 2.65. The van der Waals surface area contributed by atoms with E-state index in [2.05, 4.69) is 29.7 Å². The second-order valence-corrected chi connectivity index (χ2v) is 7.95. The van der Waals surface area contributed by atoms with Crippen LogP contribution in [0.15, 0.2) is 36.7 Å². The van der Waals surface area contributed by atoms with E-state index >= 15 is 0 Å². The van der Waals surface area contributed by atoms with Crippen LogP contribution in [0.2, 0.25) is 0 Å². The molecule has 3 heterocycles.